The van der Waals surface area contributed by atoms with E-state index in [1.165, 1.54) is 0 Å². The van der Waals surface area contributed by atoms with Crippen molar-refractivity contribution in [3.05, 3.63) is 89.2 Å². The van der Waals surface area contributed by atoms with Gasteiger partial charge in [0.2, 0.25) is 5.95 Å². The van der Waals surface area contributed by atoms with Gasteiger partial charge in [-0.15, -0.1) is 0 Å². The summed E-state index contributed by atoms with van der Waals surface area (Å²) in [5.74, 6) is 1.09. The van der Waals surface area contributed by atoms with Crippen molar-refractivity contribution in [2.75, 3.05) is 12.4 Å². The van der Waals surface area contributed by atoms with Gasteiger partial charge in [0.05, 0.1) is 23.7 Å². The minimum Gasteiger partial charge on any atom is -0.497 e. The Morgan fingerprint density at radius 1 is 0.923 bits per heavy atom. The van der Waals surface area contributed by atoms with Crippen LogP contribution in [0.2, 0.25) is 0 Å². The van der Waals surface area contributed by atoms with Gasteiger partial charge in [0.1, 0.15) is 5.75 Å². The predicted molar refractivity (Wildman–Crippen MR) is 104 cm³/mol. The molecule has 0 fully saturated rings. The lowest BCUT2D eigenvalue weighted by molar-refractivity contribution is 0.415. The Kier molecular flexibility index (Phi) is 4.11. The fourth-order valence-electron chi connectivity index (χ4n) is 2.84. The van der Waals surface area contributed by atoms with Crippen molar-refractivity contribution < 1.29 is 4.74 Å². The van der Waals surface area contributed by atoms with Gasteiger partial charge in [0, 0.05) is 5.69 Å². The van der Waals surface area contributed by atoms with E-state index in [4.69, 9.17) is 4.74 Å². The van der Waals surface area contributed by atoms with Crippen LogP contribution >= 0.6 is 0 Å². The van der Waals surface area contributed by atoms with E-state index in [1.807, 2.05) is 60.7 Å². The molecule has 4 rings (SSSR count). The Hall–Kier alpha value is -3.60. The topological polar surface area (TPSA) is 56.1 Å². The van der Waals surface area contributed by atoms with Gasteiger partial charge in [0.25, 0.3) is 5.56 Å². The number of ether oxygens (including phenoxy) is 1. The van der Waals surface area contributed by atoms with Gasteiger partial charge in [-0.05, 0) is 42.5 Å². The first-order chi connectivity index (χ1) is 12.8. The molecule has 0 saturated carbocycles. The molecule has 0 amide bonds. The lowest BCUT2D eigenvalue weighted by Crippen LogP contribution is -2.22. The molecule has 5 nitrogen and oxygen atoms in total. The Labute approximate surface area is 150 Å². The number of hydrogen-bond acceptors (Lipinski definition) is 4. The predicted octanol–water partition coefficient (Wildman–Crippen LogP) is 4.14. The Morgan fingerprint density at radius 2 is 1.62 bits per heavy atom. The lowest BCUT2D eigenvalue weighted by Gasteiger charge is -2.15. The number of hydrogen-bond donors (Lipinski definition) is 1. The summed E-state index contributed by atoms with van der Waals surface area (Å²) in [5.41, 5.74) is 2.06. The number of benzene rings is 3. The molecule has 0 aliphatic heterocycles. The maximum Gasteiger partial charge on any atom is 0.267 e. The molecule has 0 atom stereocenters. The third-order valence-corrected chi connectivity index (χ3v) is 4.12. The molecule has 0 aliphatic rings. The average molecular weight is 343 g/mol. The van der Waals surface area contributed by atoms with Crippen LogP contribution in [-0.2, 0) is 0 Å². The normalized spacial score (nSPS) is 10.7. The average Bonchev–Trinajstić information content (AvgIpc) is 2.69. The number of nitrogens with one attached hydrogen (secondary N) is 1. The Balaban J connectivity index is 1.98. The second-order valence-electron chi connectivity index (χ2n) is 5.79. The van der Waals surface area contributed by atoms with Gasteiger partial charge in [0.15, 0.2) is 0 Å². The van der Waals surface area contributed by atoms with Crippen molar-refractivity contribution in [2.45, 2.75) is 0 Å². The van der Waals surface area contributed by atoms with Gasteiger partial charge in [-0.2, -0.15) is 0 Å². The first kappa shape index (κ1) is 15.9. The van der Waals surface area contributed by atoms with Crippen molar-refractivity contribution in [3.63, 3.8) is 0 Å². The fraction of sp³-hybridized carbons (Fsp3) is 0.0476. The third kappa shape index (κ3) is 2.91. The Bertz CT molecular complexity index is 1110. The second-order valence-corrected chi connectivity index (χ2v) is 5.79. The summed E-state index contributed by atoms with van der Waals surface area (Å²) >= 11 is 0. The SMILES string of the molecule is COc1ccc2nc(Nc3ccccc3)n(-c3ccccc3)c(=O)c2c1. The molecule has 4 aromatic rings. The maximum atomic E-state index is 13.2. The minimum atomic E-state index is -0.154. The van der Waals surface area contributed by atoms with E-state index in [2.05, 4.69) is 10.3 Å². The molecule has 26 heavy (non-hydrogen) atoms. The molecule has 3 aromatic carbocycles. The van der Waals surface area contributed by atoms with E-state index in [0.717, 1.165) is 11.4 Å². The highest BCUT2D eigenvalue weighted by molar-refractivity contribution is 5.81. The Morgan fingerprint density at radius 3 is 2.31 bits per heavy atom. The summed E-state index contributed by atoms with van der Waals surface area (Å²) in [6, 6.07) is 24.4. The summed E-state index contributed by atoms with van der Waals surface area (Å²) in [6.07, 6.45) is 0. The van der Waals surface area contributed by atoms with Crippen LogP contribution in [0.5, 0.6) is 5.75 Å². The quantitative estimate of drug-likeness (QED) is 0.605. The molecule has 5 heteroatoms. The highest BCUT2D eigenvalue weighted by Gasteiger charge is 2.13. The van der Waals surface area contributed by atoms with Crippen LogP contribution in [0.25, 0.3) is 16.6 Å². The largest absolute Gasteiger partial charge is 0.497 e. The molecular weight excluding hydrogens is 326 g/mol. The number of aromatic nitrogens is 2. The number of nitrogens with zero attached hydrogens (tertiary/aromatic N) is 2. The number of rotatable bonds is 4. The molecule has 0 radical (unpaired) electrons. The van der Waals surface area contributed by atoms with Gasteiger partial charge < -0.3 is 10.1 Å². The summed E-state index contributed by atoms with van der Waals surface area (Å²) in [6.45, 7) is 0. The molecule has 0 saturated heterocycles. The summed E-state index contributed by atoms with van der Waals surface area (Å²) < 4.78 is 6.84. The van der Waals surface area contributed by atoms with Crippen LogP contribution < -0.4 is 15.6 Å². The zero-order chi connectivity index (χ0) is 17.9. The van der Waals surface area contributed by atoms with Crippen molar-refractivity contribution in [2.24, 2.45) is 0 Å². The first-order valence-electron chi connectivity index (χ1n) is 8.24. The molecular formula is C21H17N3O2. The smallest absolute Gasteiger partial charge is 0.267 e. The van der Waals surface area contributed by atoms with Gasteiger partial charge in [-0.1, -0.05) is 36.4 Å². The number of fused-ring (bicyclic) bond motifs is 1. The minimum absolute atomic E-state index is 0.154. The summed E-state index contributed by atoms with van der Waals surface area (Å²) in [7, 11) is 1.58. The van der Waals surface area contributed by atoms with E-state index < -0.39 is 0 Å². The van der Waals surface area contributed by atoms with Crippen LogP contribution in [0.1, 0.15) is 0 Å². The van der Waals surface area contributed by atoms with Crippen LogP contribution in [0, 0.1) is 0 Å². The zero-order valence-electron chi connectivity index (χ0n) is 14.2. The van der Waals surface area contributed by atoms with Crippen LogP contribution in [0.3, 0.4) is 0 Å². The molecule has 1 aromatic heterocycles. The zero-order valence-corrected chi connectivity index (χ0v) is 14.2. The number of anilines is 2. The molecule has 0 bridgehead atoms. The van der Waals surface area contributed by atoms with E-state index in [0.29, 0.717) is 22.6 Å². The summed E-state index contributed by atoms with van der Waals surface area (Å²) in [5, 5.41) is 3.76. The first-order valence-corrected chi connectivity index (χ1v) is 8.24. The van der Waals surface area contributed by atoms with Crippen LogP contribution in [0.4, 0.5) is 11.6 Å². The molecule has 0 unspecified atom stereocenters. The molecule has 0 spiro atoms. The molecule has 1 N–H and O–H groups in total. The highest BCUT2D eigenvalue weighted by Crippen LogP contribution is 2.22. The van der Waals surface area contributed by atoms with E-state index >= 15 is 0 Å². The fourth-order valence-corrected chi connectivity index (χ4v) is 2.84. The van der Waals surface area contributed by atoms with Gasteiger partial charge in [-0.25, -0.2) is 9.55 Å². The maximum absolute atomic E-state index is 13.2. The molecule has 0 aliphatic carbocycles. The van der Waals surface area contributed by atoms with Crippen LogP contribution in [-0.4, -0.2) is 16.7 Å². The van der Waals surface area contributed by atoms with Gasteiger partial charge >= 0.3 is 0 Å². The summed E-state index contributed by atoms with van der Waals surface area (Å²) in [4.78, 5) is 17.9. The third-order valence-electron chi connectivity index (χ3n) is 4.12. The molecule has 1 heterocycles. The standard InChI is InChI=1S/C21H17N3O2/c1-26-17-12-13-19-18(14-17)20(25)24(16-10-6-3-7-11-16)21(23-19)22-15-8-4-2-5-9-15/h2-14H,1H3,(H,22,23). The van der Waals surface area contributed by atoms with Crippen molar-refractivity contribution in [1.29, 1.82) is 0 Å². The lowest BCUT2D eigenvalue weighted by atomic mass is 10.2. The van der Waals surface area contributed by atoms with E-state index in [9.17, 15) is 4.79 Å². The van der Waals surface area contributed by atoms with E-state index in [1.54, 1.807) is 29.9 Å². The number of para-hydroxylation sites is 2. The van der Waals surface area contributed by atoms with Crippen molar-refractivity contribution in [1.82, 2.24) is 9.55 Å². The number of methoxy groups -OCH3 is 1. The molecule has 128 valence electrons. The highest BCUT2D eigenvalue weighted by atomic mass is 16.5. The van der Waals surface area contributed by atoms with Crippen molar-refractivity contribution >= 4 is 22.5 Å². The monoisotopic (exact) mass is 343 g/mol. The van der Waals surface area contributed by atoms with Gasteiger partial charge in [-0.3, -0.25) is 4.79 Å². The van der Waals surface area contributed by atoms with Crippen LogP contribution in [0.15, 0.2) is 83.7 Å². The van der Waals surface area contributed by atoms with E-state index in [-0.39, 0.29) is 5.56 Å². The van der Waals surface area contributed by atoms with Crippen molar-refractivity contribution in [3.8, 4) is 11.4 Å². The second kappa shape index (κ2) is 6.72.